The molecule has 0 aliphatic rings. The fourth-order valence-corrected chi connectivity index (χ4v) is 1.17. The van der Waals surface area contributed by atoms with Crippen molar-refractivity contribution in [2.75, 3.05) is 0 Å². The van der Waals surface area contributed by atoms with Crippen molar-refractivity contribution in [3.8, 4) is 0 Å². The summed E-state index contributed by atoms with van der Waals surface area (Å²) in [5.74, 6) is -0.409. The van der Waals surface area contributed by atoms with Crippen molar-refractivity contribution in [3.63, 3.8) is 0 Å². The third-order valence-corrected chi connectivity index (χ3v) is 1.79. The normalized spacial score (nSPS) is 11.8. The van der Waals surface area contributed by atoms with Crippen molar-refractivity contribution in [3.05, 3.63) is 35.7 Å². The maximum atomic E-state index is 11.4. The van der Waals surface area contributed by atoms with E-state index in [4.69, 9.17) is 9.84 Å². The Kier molecular flexibility index (Phi) is 4.40. The Hall–Kier alpha value is -1.68. The lowest BCUT2D eigenvalue weighted by Gasteiger charge is -2.17. The van der Waals surface area contributed by atoms with Crippen LogP contribution in [0, 0.1) is 0 Å². The van der Waals surface area contributed by atoms with Crippen molar-refractivity contribution < 1.29 is 14.6 Å². The molecule has 4 heteroatoms. The molecule has 1 aromatic rings. The molecule has 0 amide bonds. The predicted octanol–water partition coefficient (Wildman–Crippen LogP) is 1.93. The molecule has 0 unspecified atom stereocenters. The lowest BCUT2D eigenvalue weighted by atomic mass is 10.2. The van der Waals surface area contributed by atoms with E-state index in [1.165, 1.54) is 6.08 Å². The van der Waals surface area contributed by atoms with E-state index in [1.807, 2.05) is 20.8 Å². The predicted molar refractivity (Wildman–Crippen MR) is 65.0 cm³/mol. The quantitative estimate of drug-likeness (QED) is 0.642. The first-order valence-electron chi connectivity index (χ1n) is 5.38. The van der Waals surface area contributed by atoms with Crippen molar-refractivity contribution in [2.24, 2.45) is 0 Å². The van der Waals surface area contributed by atoms with Gasteiger partial charge in [-0.05, 0) is 39.0 Å². The van der Waals surface area contributed by atoms with Gasteiger partial charge in [-0.2, -0.15) is 0 Å². The molecule has 0 aliphatic carbocycles. The van der Waals surface area contributed by atoms with E-state index < -0.39 is 11.6 Å². The smallest absolute Gasteiger partial charge is 0.331 e. The summed E-state index contributed by atoms with van der Waals surface area (Å²) in [7, 11) is 0. The molecule has 0 fully saturated rings. The molecule has 1 rings (SSSR count). The molecule has 92 valence electrons. The standard InChI is InChI=1S/C13H17NO3/c1-13(2,3)17-12(16)8-7-10-5-4-6-11(9-15)14-10/h4-8,15H,9H2,1-3H3. The van der Waals surface area contributed by atoms with Crippen LogP contribution in [0.25, 0.3) is 6.08 Å². The van der Waals surface area contributed by atoms with Crippen LogP contribution in [-0.4, -0.2) is 21.7 Å². The molecule has 0 spiro atoms. The van der Waals surface area contributed by atoms with Crippen LogP contribution in [-0.2, 0) is 16.1 Å². The average Bonchev–Trinajstić information content (AvgIpc) is 2.24. The summed E-state index contributed by atoms with van der Waals surface area (Å²) in [6.07, 6.45) is 2.89. The molecule has 0 atom stereocenters. The molecule has 0 saturated carbocycles. The zero-order chi connectivity index (χ0) is 12.9. The summed E-state index contributed by atoms with van der Waals surface area (Å²) in [6.45, 7) is 5.31. The Morgan fingerprint density at radius 2 is 2.18 bits per heavy atom. The number of aliphatic hydroxyl groups excluding tert-OH is 1. The fraction of sp³-hybridized carbons (Fsp3) is 0.385. The van der Waals surface area contributed by atoms with E-state index in [1.54, 1.807) is 24.3 Å². The number of nitrogens with zero attached hydrogens (tertiary/aromatic N) is 1. The summed E-state index contributed by atoms with van der Waals surface area (Å²) in [4.78, 5) is 15.5. The second kappa shape index (κ2) is 5.59. The van der Waals surface area contributed by atoms with Gasteiger partial charge in [0.15, 0.2) is 0 Å². The van der Waals surface area contributed by atoms with Crippen molar-refractivity contribution in [1.29, 1.82) is 0 Å². The Morgan fingerprint density at radius 1 is 1.47 bits per heavy atom. The largest absolute Gasteiger partial charge is 0.457 e. The van der Waals surface area contributed by atoms with E-state index in [-0.39, 0.29) is 6.61 Å². The molecule has 1 N–H and O–H groups in total. The zero-order valence-corrected chi connectivity index (χ0v) is 10.3. The van der Waals surface area contributed by atoms with Gasteiger partial charge in [-0.15, -0.1) is 0 Å². The van der Waals surface area contributed by atoms with E-state index in [9.17, 15) is 4.79 Å². The minimum Gasteiger partial charge on any atom is -0.457 e. The number of aliphatic hydroxyl groups is 1. The lowest BCUT2D eigenvalue weighted by molar-refractivity contribution is -0.148. The number of ether oxygens (including phenoxy) is 1. The topological polar surface area (TPSA) is 59.4 Å². The first kappa shape index (κ1) is 13.4. The number of rotatable bonds is 3. The molecule has 4 nitrogen and oxygen atoms in total. The Morgan fingerprint density at radius 3 is 2.76 bits per heavy atom. The molecule has 17 heavy (non-hydrogen) atoms. The van der Waals surface area contributed by atoms with Gasteiger partial charge >= 0.3 is 5.97 Å². The van der Waals surface area contributed by atoms with E-state index in [0.717, 1.165) is 0 Å². The van der Waals surface area contributed by atoms with Gasteiger partial charge in [0.25, 0.3) is 0 Å². The van der Waals surface area contributed by atoms with Crippen molar-refractivity contribution in [1.82, 2.24) is 4.98 Å². The van der Waals surface area contributed by atoms with Gasteiger partial charge in [-0.3, -0.25) is 4.98 Å². The van der Waals surface area contributed by atoms with Crippen LogP contribution in [0.4, 0.5) is 0 Å². The Labute approximate surface area is 101 Å². The molecule has 0 aliphatic heterocycles. The molecule has 1 heterocycles. The summed E-state index contributed by atoms with van der Waals surface area (Å²) < 4.78 is 5.11. The molecular formula is C13H17NO3. The van der Waals surface area contributed by atoms with Gasteiger partial charge in [0.2, 0.25) is 0 Å². The lowest BCUT2D eigenvalue weighted by Crippen LogP contribution is -2.22. The van der Waals surface area contributed by atoms with Gasteiger partial charge in [-0.25, -0.2) is 4.79 Å². The van der Waals surface area contributed by atoms with E-state index >= 15 is 0 Å². The molecule has 0 bridgehead atoms. The Bertz CT molecular complexity index is 419. The van der Waals surface area contributed by atoms with Gasteiger partial charge in [0.1, 0.15) is 5.60 Å². The molecule has 0 aromatic carbocycles. The minimum atomic E-state index is -0.498. The van der Waals surface area contributed by atoms with Crippen LogP contribution in [0.1, 0.15) is 32.2 Å². The number of esters is 1. The molecule has 1 aromatic heterocycles. The second-order valence-electron chi connectivity index (χ2n) is 4.58. The van der Waals surface area contributed by atoms with E-state index in [0.29, 0.717) is 11.4 Å². The summed E-state index contributed by atoms with van der Waals surface area (Å²) in [6, 6.07) is 5.23. The summed E-state index contributed by atoms with van der Waals surface area (Å²) >= 11 is 0. The number of hydrogen-bond acceptors (Lipinski definition) is 4. The van der Waals surface area contributed by atoms with Crippen LogP contribution >= 0.6 is 0 Å². The number of carbonyl (C=O) groups is 1. The van der Waals surface area contributed by atoms with Crippen LogP contribution in [0.2, 0.25) is 0 Å². The first-order chi connectivity index (χ1) is 7.90. The summed E-state index contributed by atoms with van der Waals surface area (Å²) in [5.41, 5.74) is 0.681. The minimum absolute atomic E-state index is 0.117. The third-order valence-electron chi connectivity index (χ3n) is 1.79. The maximum Gasteiger partial charge on any atom is 0.331 e. The highest BCUT2D eigenvalue weighted by atomic mass is 16.6. The maximum absolute atomic E-state index is 11.4. The second-order valence-corrected chi connectivity index (χ2v) is 4.58. The van der Waals surface area contributed by atoms with Crippen LogP contribution < -0.4 is 0 Å². The van der Waals surface area contributed by atoms with Crippen LogP contribution in [0.15, 0.2) is 24.3 Å². The average molecular weight is 235 g/mol. The third kappa shape index (κ3) is 5.26. The molecule has 0 saturated heterocycles. The number of carbonyl (C=O) groups excluding carboxylic acids is 1. The Balaban J connectivity index is 2.67. The van der Waals surface area contributed by atoms with Crippen LogP contribution in [0.5, 0.6) is 0 Å². The van der Waals surface area contributed by atoms with Crippen molar-refractivity contribution >= 4 is 12.0 Å². The first-order valence-corrected chi connectivity index (χ1v) is 5.38. The zero-order valence-electron chi connectivity index (χ0n) is 10.3. The highest BCUT2D eigenvalue weighted by Crippen LogP contribution is 2.08. The molecular weight excluding hydrogens is 218 g/mol. The fourth-order valence-electron chi connectivity index (χ4n) is 1.17. The monoisotopic (exact) mass is 235 g/mol. The molecule has 0 radical (unpaired) electrons. The van der Waals surface area contributed by atoms with Gasteiger partial charge in [0.05, 0.1) is 18.0 Å². The highest BCUT2D eigenvalue weighted by molar-refractivity contribution is 5.86. The van der Waals surface area contributed by atoms with E-state index in [2.05, 4.69) is 4.98 Å². The van der Waals surface area contributed by atoms with Gasteiger partial charge < -0.3 is 9.84 Å². The number of pyridine rings is 1. The highest BCUT2D eigenvalue weighted by Gasteiger charge is 2.13. The SMILES string of the molecule is CC(C)(C)OC(=O)C=Cc1cccc(CO)n1. The number of hydrogen-bond donors (Lipinski definition) is 1. The van der Waals surface area contributed by atoms with Gasteiger partial charge in [0, 0.05) is 6.08 Å². The van der Waals surface area contributed by atoms with Crippen molar-refractivity contribution in [2.45, 2.75) is 33.0 Å². The summed E-state index contributed by atoms with van der Waals surface area (Å²) in [5, 5.41) is 8.91. The number of aromatic nitrogens is 1. The van der Waals surface area contributed by atoms with Crippen LogP contribution in [0.3, 0.4) is 0 Å². The van der Waals surface area contributed by atoms with Gasteiger partial charge in [-0.1, -0.05) is 6.07 Å².